The summed E-state index contributed by atoms with van der Waals surface area (Å²) in [5.74, 6) is 0. The fourth-order valence-corrected chi connectivity index (χ4v) is 4.09. The number of nitrogens with one attached hydrogen (secondary N) is 1. The minimum Gasteiger partial charge on any atom is -0.310 e. The third-order valence-electron chi connectivity index (χ3n) is 5.32. The van der Waals surface area contributed by atoms with Gasteiger partial charge in [0.05, 0.1) is 0 Å². The lowest BCUT2D eigenvalue weighted by molar-refractivity contribution is 0.162. The highest BCUT2D eigenvalue weighted by Crippen LogP contribution is 2.30. The summed E-state index contributed by atoms with van der Waals surface area (Å²) < 4.78 is 0. The maximum atomic E-state index is 3.90. The Balaban J connectivity index is 1.67. The van der Waals surface area contributed by atoms with Gasteiger partial charge in [0.1, 0.15) is 0 Å². The molecule has 1 heterocycles. The SMILES string of the molecule is CCCCCCCCN1CCCNC2(CCCCC2)C1. The maximum absolute atomic E-state index is 3.90. The van der Waals surface area contributed by atoms with Crippen LogP contribution < -0.4 is 5.32 Å². The monoisotopic (exact) mass is 280 g/mol. The van der Waals surface area contributed by atoms with E-state index in [1.807, 2.05) is 0 Å². The highest BCUT2D eigenvalue weighted by atomic mass is 15.2. The quantitative estimate of drug-likeness (QED) is 0.698. The number of nitrogens with zero attached hydrogens (tertiary/aromatic N) is 1. The fraction of sp³-hybridized carbons (Fsp3) is 1.00. The lowest BCUT2D eigenvalue weighted by Gasteiger charge is -2.40. The average Bonchev–Trinajstić information content (AvgIpc) is 2.66. The Hall–Kier alpha value is -0.0800. The van der Waals surface area contributed by atoms with Crippen LogP contribution >= 0.6 is 0 Å². The first-order valence-corrected chi connectivity index (χ1v) is 9.32. The molecule has 1 aliphatic carbocycles. The molecule has 2 aliphatic rings. The molecule has 2 fully saturated rings. The Labute approximate surface area is 126 Å². The summed E-state index contributed by atoms with van der Waals surface area (Å²) in [4.78, 5) is 2.77. The van der Waals surface area contributed by atoms with Crippen LogP contribution in [0.5, 0.6) is 0 Å². The Bertz CT molecular complexity index is 246. The van der Waals surface area contributed by atoms with Gasteiger partial charge in [-0.2, -0.15) is 0 Å². The number of hydrogen-bond acceptors (Lipinski definition) is 2. The largest absolute Gasteiger partial charge is 0.310 e. The third kappa shape index (κ3) is 5.37. The van der Waals surface area contributed by atoms with Gasteiger partial charge in [0.15, 0.2) is 0 Å². The molecule has 0 radical (unpaired) electrons. The van der Waals surface area contributed by atoms with E-state index in [9.17, 15) is 0 Å². The molecule has 2 rings (SSSR count). The second-order valence-corrected chi connectivity index (χ2v) is 7.17. The summed E-state index contributed by atoms with van der Waals surface area (Å²) in [6.45, 7) is 7.53. The van der Waals surface area contributed by atoms with Crippen molar-refractivity contribution in [2.45, 2.75) is 89.5 Å². The molecule has 2 nitrogen and oxygen atoms in total. The van der Waals surface area contributed by atoms with E-state index in [0.717, 1.165) is 0 Å². The first kappa shape index (κ1) is 16.3. The smallest absolute Gasteiger partial charge is 0.0308 e. The van der Waals surface area contributed by atoms with Crippen LogP contribution in [0.2, 0.25) is 0 Å². The molecule has 1 N–H and O–H groups in total. The number of rotatable bonds is 7. The third-order valence-corrected chi connectivity index (χ3v) is 5.32. The molecule has 0 aromatic carbocycles. The summed E-state index contributed by atoms with van der Waals surface area (Å²) in [6.07, 6.45) is 17.1. The van der Waals surface area contributed by atoms with Crippen LogP contribution in [-0.2, 0) is 0 Å². The lowest BCUT2D eigenvalue weighted by atomic mass is 9.81. The maximum Gasteiger partial charge on any atom is 0.0308 e. The van der Waals surface area contributed by atoms with Crippen molar-refractivity contribution < 1.29 is 0 Å². The van der Waals surface area contributed by atoms with Gasteiger partial charge in [-0.25, -0.2) is 0 Å². The van der Waals surface area contributed by atoms with E-state index in [1.165, 1.54) is 103 Å². The Kier molecular flexibility index (Phi) is 7.37. The summed E-state index contributed by atoms with van der Waals surface area (Å²) in [6, 6.07) is 0. The molecule has 0 atom stereocenters. The zero-order chi connectivity index (χ0) is 14.1. The molecule has 118 valence electrons. The molecule has 1 saturated carbocycles. The molecule has 1 aliphatic heterocycles. The fourth-order valence-electron chi connectivity index (χ4n) is 4.09. The van der Waals surface area contributed by atoms with Crippen molar-refractivity contribution in [3.63, 3.8) is 0 Å². The lowest BCUT2D eigenvalue weighted by Crippen LogP contribution is -2.52. The van der Waals surface area contributed by atoms with Gasteiger partial charge in [0, 0.05) is 12.1 Å². The summed E-state index contributed by atoms with van der Waals surface area (Å²) in [5.41, 5.74) is 0.483. The molecule has 2 heteroatoms. The van der Waals surface area contributed by atoms with E-state index in [4.69, 9.17) is 0 Å². The highest BCUT2D eigenvalue weighted by molar-refractivity contribution is 4.95. The van der Waals surface area contributed by atoms with Crippen molar-refractivity contribution >= 4 is 0 Å². The average molecular weight is 280 g/mol. The van der Waals surface area contributed by atoms with Gasteiger partial charge in [-0.05, 0) is 45.3 Å². The normalized spacial score (nSPS) is 23.9. The zero-order valence-corrected chi connectivity index (χ0v) is 13.8. The molecule has 0 bridgehead atoms. The van der Waals surface area contributed by atoms with Crippen molar-refractivity contribution in [1.29, 1.82) is 0 Å². The van der Waals surface area contributed by atoms with Crippen molar-refractivity contribution in [2.24, 2.45) is 0 Å². The molecule has 20 heavy (non-hydrogen) atoms. The number of unbranched alkanes of at least 4 members (excludes halogenated alkanes) is 5. The highest BCUT2D eigenvalue weighted by Gasteiger charge is 2.34. The van der Waals surface area contributed by atoms with Gasteiger partial charge in [-0.3, -0.25) is 0 Å². The first-order valence-electron chi connectivity index (χ1n) is 9.32. The topological polar surface area (TPSA) is 15.3 Å². The number of hydrogen-bond donors (Lipinski definition) is 1. The second kappa shape index (κ2) is 9.04. The predicted octanol–water partition coefficient (Wildman–Crippen LogP) is 4.35. The van der Waals surface area contributed by atoms with Crippen LogP contribution in [0.15, 0.2) is 0 Å². The van der Waals surface area contributed by atoms with Crippen LogP contribution in [-0.4, -0.2) is 36.6 Å². The van der Waals surface area contributed by atoms with Crippen molar-refractivity contribution in [1.82, 2.24) is 10.2 Å². The van der Waals surface area contributed by atoms with Gasteiger partial charge in [0.2, 0.25) is 0 Å². The van der Waals surface area contributed by atoms with E-state index < -0.39 is 0 Å². The second-order valence-electron chi connectivity index (χ2n) is 7.17. The van der Waals surface area contributed by atoms with Gasteiger partial charge in [-0.15, -0.1) is 0 Å². The van der Waals surface area contributed by atoms with Crippen LogP contribution in [0.3, 0.4) is 0 Å². The van der Waals surface area contributed by atoms with Crippen LogP contribution in [0, 0.1) is 0 Å². The Morgan fingerprint density at radius 1 is 0.900 bits per heavy atom. The molecule has 1 saturated heterocycles. The molecule has 0 amide bonds. The minimum atomic E-state index is 0.483. The Morgan fingerprint density at radius 3 is 2.45 bits per heavy atom. The zero-order valence-electron chi connectivity index (χ0n) is 13.8. The van der Waals surface area contributed by atoms with Crippen LogP contribution in [0.1, 0.15) is 84.0 Å². The van der Waals surface area contributed by atoms with Gasteiger partial charge in [0.25, 0.3) is 0 Å². The van der Waals surface area contributed by atoms with Crippen LogP contribution in [0.4, 0.5) is 0 Å². The molecule has 1 spiro atoms. The van der Waals surface area contributed by atoms with Gasteiger partial charge < -0.3 is 10.2 Å². The van der Waals surface area contributed by atoms with Gasteiger partial charge in [-0.1, -0.05) is 58.3 Å². The van der Waals surface area contributed by atoms with Crippen molar-refractivity contribution in [3.05, 3.63) is 0 Å². The summed E-state index contributed by atoms with van der Waals surface area (Å²) in [5, 5.41) is 3.90. The van der Waals surface area contributed by atoms with Crippen molar-refractivity contribution in [3.8, 4) is 0 Å². The van der Waals surface area contributed by atoms with E-state index in [0.29, 0.717) is 5.54 Å². The van der Waals surface area contributed by atoms with Crippen molar-refractivity contribution in [2.75, 3.05) is 26.2 Å². The molecular formula is C18H36N2. The Morgan fingerprint density at radius 2 is 1.65 bits per heavy atom. The minimum absolute atomic E-state index is 0.483. The van der Waals surface area contributed by atoms with E-state index in [-0.39, 0.29) is 0 Å². The standard InChI is InChI=1S/C18H36N2/c1-2-3-4-5-6-10-15-20-16-11-14-19-18(17-20)12-8-7-9-13-18/h19H,2-17H2,1H3. The first-order chi connectivity index (χ1) is 9.85. The van der Waals surface area contributed by atoms with Crippen LogP contribution in [0.25, 0.3) is 0 Å². The molecule has 0 unspecified atom stereocenters. The van der Waals surface area contributed by atoms with Gasteiger partial charge >= 0.3 is 0 Å². The summed E-state index contributed by atoms with van der Waals surface area (Å²) in [7, 11) is 0. The van der Waals surface area contributed by atoms with E-state index in [2.05, 4.69) is 17.1 Å². The summed E-state index contributed by atoms with van der Waals surface area (Å²) >= 11 is 0. The molecule has 0 aromatic rings. The van der Waals surface area contributed by atoms with E-state index in [1.54, 1.807) is 0 Å². The molecular weight excluding hydrogens is 244 g/mol. The molecule has 0 aromatic heterocycles. The predicted molar refractivity (Wildman–Crippen MR) is 88.3 cm³/mol. The van der Waals surface area contributed by atoms with E-state index >= 15 is 0 Å².